The highest BCUT2D eigenvalue weighted by Crippen LogP contribution is 2.26. The summed E-state index contributed by atoms with van der Waals surface area (Å²) < 4.78 is 20.1. The number of halogens is 1. The van der Waals surface area contributed by atoms with Crippen LogP contribution in [-0.2, 0) is 11.2 Å². The summed E-state index contributed by atoms with van der Waals surface area (Å²) in [6.07, 6.45) is 16.4. The van der Waals surface area contributed by atoms with Crippen LogP contribution in [0.1, 0.15) is 97.0 Å². The molecule has 1 heterocycles. The Bertz CT molecular complexity index is 1090. The zero-order valence-corrected chi connectivity index (χ0v) is 23.3. The van der Waals surface area contributed by atoms with E-state index in [0.29, 0.717) is 18.0 Å². The Morgan fingerprint density at radius 1 is 0.737 bits per heavy atom. The van der Waals surface area contributed by atoms with Crippen molar-refractivity contribution in [3.05, 3.63) is 66.5 Å². The number of esters is 1. The van der Waals surface area contributed by atoms with Crippen LogP contribution in [0, 0.1) is 0 Å². The molecule has 38 heavy (non-hydrogen) atoms. The van der Waals surface area contributed by atoms with Gasteiger partial charge in [0.05, 0.1) is 0 Å². The van der Waals surface area contributed by atoms with Gasteiger partial charge in [-0.05, 0) is 55.9 Å². The number of carbonyl (C=O) groups excluding carboxylic acids is 1. The Kier molecular flexibility index (Phi) is 11.9. The third-order valence-electron chi connectivity index (χ3n) is 7.01. The molecule has 3 rings (SSSR count). The monoisotopic (exact) mass is 518 g/mol. The minimum absolute atomic E-state index is 0.176. The lowest BCUT2D eigenvalue weighted by molar-refractivity contribution is -0.147. The number of aromatic nitrogens is 2. The smallest absolute Gasteiger partial charge is 0.348 e. The molecule has 0 aliphatic heterocycles. The minimum atomic E-state index is -1.98. The van der Waals surface area contributed by atoms with Crippen LogP contribution in [0.25, 0.3) is 22.5 Å². The van der Waals surface area contributed by atoms with Gasteiger partial charge in [-0.1, -0.05) is 102 Å². The third kappa shape index (κ3) is 9.34. The van der Waals surface area contributed by atoms with Crippen molar-refractivity contribution in [3.8, 4) is 28.3 Å². The Labute approximate surface area is 228 Å². The van der Waals surface area contributed by atoms with Crippen molar-refractivity contribution in [1.29, 1.82) is 0 Å². The van der Waals surface area contributed by atoms with Crippen molar-refractivity contribution < 1.29 is 13.9 Å². The van der Waals surface area contributed by atoms with E-state index in [9.17, 15) is 9.18 Å². The largest absolute Gasteiger partial charge is 0.424 e. The van der Waals surface area contributed by atoms with E-state index in [-0.39, 0.29) is 6.42 Å². The van der Waals surface area contributed by atoms with Crippen LogP contribution < -0.4 is 4.74 Å². The SMILES string of the molecule is CCCCCCCCc1ccc(-c2ncc(-c3ccc(OC(=O)C(C)(F)CCCCCC)cc3)cn2)cc1. The summed E-state index contributed by atoms with van der Waals surface area (Å²) in [6, 6.07) is 15.5. The first kappa shape index (κ1) is 29.5. The molecule has 0 aliphatic carbocycles. The number of alkyl halides is 1. The summed E-state index contributed by atoms with van der Waals surface area (Å²) in [6.45, 7) is 5.65. The summed E-state index contributed by atoms with van der Waals surface area (Å²) in [5, 5.41) is 0. The fourth-order valence-corrected chi connectivity index (χ4v) is 4.47. The van der Waals surface area contributed by atoms with Crippen molar-refractivity contribution in [2.75, 3.05) is 0 Å². The maximum absolute atomic E-state index is 14.8. The molecule has 0 fully saturated rings. The van der Waals surface area contributed by atoms with Crippen LogP contribution in [0.15, 0.2) is 60.9 Å². The van der Waals surface area contributed by atoms with Crippen molar-refractivity contribution in [1.82, 2.24) is 9.97 Å². The van der Waals surface area contributed by atoms with Crippen LogP contribution in [-0.4, -0.2) is 21.6 Å². The van der Waals surface area contributed by atoms with Gasteiger partial charge in [0.1, 0.15) is 5.75 Å². The highest BCUT2D eigenvalue weighted by molar-refractivity contribution is 5.81. The molecule has 1 atom stereocenters. The van der Waals surface area contributed by atoms with Crippen molar-refractivity contribution in [2.24, 2.45) is 0 Å². The van der Waals surface area contributed by atoms with Gasteiger partial charge in [-0.15, -0.1) is 0 Å². The van der Waals surface area contributed by atoms with Crippen molar-refractivity contribution in [2.45, 2.75) is 103 Å². The lowest BCUT2D eigenvalue weighted by Crippen LogP contribution is -2.34. The number of rotatable bonds is 16. The minimum Gasteiger partial charge on any atom is -0.424 e. The Morgan fingerprint density at radius 2 is 1.29 bits per heavy atom. The molecule has 0 aliphatic rings. The molecule has 5 heteroatoms. The molecule has 0 bridgehead atoms. The van der Waals surface area contributed by atoms with E-state index in [2.05, 4.69) is 48.1 Å². The fraction of sp³-hybridized carbons (Fsp3) is 0.485. The molecular formula is C33H43FN2O2. The summed E-state index contributed by atoms with van der Waals surface area (Å²) in [5.74, 6) is 0.175. The number of unbranched alkanes of at least 4 members (excludes halogenated alkanes) is 8. The highest BCUT2D eigenvalue weighted by atomic mass is 19.1. The summed E-state index contributed by atoms with van der Waals surface area (Å²) in [7, 11) is 0. The number of hydrogen-bond donors (Lipinski definition) is 0. The van der Waals surface area contributed by atoms with E-state index >= 15 is 0 Å². The number of hydrogen-bond acceptors (Lipinski definition) is 4. The molecule has 0 spiro atoms. The summed E-state index contributed by atoms with van der Waals surface area (Å²) in [5.41, 5.74) is 2.12. The molecule has 1 unspecified atom stereocenters. The van der Waals surface area contributed by atoms with Crippen molar-refractivity contribution in [3.63, 3.8) is 0 Å². The lowest BCUT2D eigenvalue weighted by atomic mass is 10.00. The first-order valence-electron chi connectivity index (χ1n) is 14.4. The molecule has 4 nitrogen and oxygen atoms in total. The topological polar surface area (TPSA) is 52.1 Å². The summed E-state index contributed by atoms with van der Waals surface area (Å²) in [4.78, 5) is 21.4. The zero-order valence-electron chi connectivity index (χ0n) is 23.3. The standard InChI is InChI=1S/C33H43FN2O2/c1-4-6-8-10-11-12-14-26-15-17-28(18-16-26)31-35-24-29(25-36-31)27-19-21-30(22-20-27)38-32(37)33(3,34)23-13-9-7-5-2/h15-22,24-25H,4-14,23H2,1-3H3. The number of nitrogens with zero attached hydrogens (tertiary/aromatic N) is 2. The second kappa shape index (κ2) is 15.4. The molecule has 3 aromatic rings. The van der Waals surface area contributed by atoms with Gasteiger partial charge in [0.25, 0.3) is 0 Å². The second-order valence-corrected chi connectivity index (χ2v) is 10.4. The highest BCUT2D eigenvalue weighted by Gasteiger charge is 2.34. The number of benzene rings is 2. The average molecular weight is 519 g/mol. The van der Waals surface area contributed by atoms with Gasteiger partial charge < -0.3 is 4.74 Å². The third-order valence-corrected chi connectivity index (χ3v) is 7.01. The first-order chi connectivity index (χ1) is 18.4. The first-order valence-corrected chi connectivity index (χ1v) is 14.4. The zero-order chi connectivity index (χ0) is 27.2. The van der Waals surface area contributed by atoms with Gasteiger partial charge >= 0.3 is 5.97 Å². The van der Waals surface area contributed by atoms with Gasteiger partial charge in [0, 0.05) is 23.5 Å². The maximum Gasteiger partial charge on any atom is 0.348 e. The second-order valence-electron chi connectivity index (χ2n) is 10.4. The van der Waals surface area contributed by atoms with Crippen LogP contribution in [0.4, 0.5) is 4.39 Å². The van der Waals surface area contributed by atoms with Crippen LogP contribution in [0.5, 0.6) is 5.75 Å². The van der Waals surface area contributed by atoms with Crippen molar-refractivity contribution >= 4 is 5.97 Å². The number of ether oxygens (including phenoxy) is 1. The Morgan fingerprint density at radius 3 is 1.92 bits per heavy atom. The van der Waals surface area contributed by atoms with Gasteiger partial charge in [0.15, 0.2) is 5.82 Å². The Hall–Kier alpha value is -3.08. The van der Waals surface area contributed by atoms with E-state index in [1.54, 1.807) is 24.5 Å². The van der Waals surface area contributed by atoms with Crippen LogP contribution >= 0.6 is 0 Å². The molecule has 1 aromatic heterocycles. The summed E-state index contributed by atoms with van der Waals surface area (Å²) >= 11 is 0. The maximum atomic E-state index is 14.8. The van der Waals surface area contributed by atoms with Crippen LogP contribution in [0.3, 0.4) is 0 Å². The van der Waals surface area contributed by atoms with Gasteiger partial charge in [0.2, 0.25) is 5.67 Å². The predicted octanol–water partition coefficient (Wildman–Crippen LogP) is 9.32. The average Bonchev–Trinajstić information content (AvgIpc) is 2.94. The van der Waals surface area contributed by atoms with Crippen LogP contribution in [0.2, 0.25) is 0 Å². The molecule has 0 saturated carbocycles. The number of carbonyl (C=O) groups is 1. The van der Waals surface area contributed by atoms with E-state index in [1.165, 1.54) is 51.0 Å². The lowest BCUT2D eigenvalue weighted by Gasteiger charge is -2.18. The van der Waals surface area contributed by atoms with E-state index in [0.717, 1.165) is 42.4 Å². The fourth-order valence-electron chi connectivity index (χ4n) is 4.47. The molecular weight excluding hydrogens is 475 g/mol. The molecule has 2 aromatic carbocycles. The molecule has 0 saturated heterocycles. The normalized spacial score (nSPS) is 12.7. The van der Waals surface area contributed by atoms with E-state index in [4.69, 9.17) is 4.74 Å². The molecule has 0 radical (unpaired) electrons. The number of aryl methyl sites for hydroxylation is 1. The molecule has 204 valence electrons. The Balaban J connectivity index is 1.51. The van der Waals surface area contributed by atoms with Gasteiger partial charge in [-0.25, -0.2) is 19.2 Å². The van der Waals surface area contributed by atoms with E-state index in [1.807, 2.05) is 12.1 Å². The van der Waals surface area contributed by atoms with Gasteiger partial charge in [-0.3, -0.25) is 0 Å². The molecule has 0 N–H and O–H groups in total. The van der Waals surface area contributed by atoms with E-state index < -0.39 is 11.6 Å². The quantitative estimate of drug-likeness (QED) is 0.108. The predicted molar refractivity (Wildman–Crippen MR) is 154 cm³/mol. The van der Waals surface area contributed by atoms with Gasteiger partial charge in [-0.2, -0.15) is 0 Å². The molecule has 0 amide bonds.